The first-order valence-electron chi connectivity index (χ1n) is 7.60. The third-order valence-electron chi connectivity index (χ3n) is 2.84. The minimum absolute atomic E-state index is 0.0164. The third-order valence-corrected chi connectivity index (χ3v) is 2.84. The van der Waals surface area contributed by atoms with Crippen molar-refractivity contribution in [1.82, 2.24) is 4.90 Å². The van der Waals surface area contributed by atoms with Gasteiger partial charge >= 0.3 is 17.9 Å². The summed E-state index contributed by atoms with van der Waals surface area (Å²) in [5.74, 6) is -2.00. The Morgan fingerprint density at radius 3 is 1.52 bits per heavy atom. The van der Waals surface area contributed by atoms with E-state index < -0.39 is 17.9 Å². The fraction of sp³-hybridized carbons (Fsp3) is 0.412. The predicted molar refractivity (Wildman–Crippen MR) is 89.3 cm³/mol. The summed E-state index contributed by atoms with van der Waals surface area (Å²) in [6.45, 7) is 10.1. The predicted octanol–water partition coefficient (Wildman–Crippen LogP) is 0.783. The number of nitrogens with zero attached hydrogens (tertiary/aromatic N) is 1. The fourth-order valence-corrected chi connectivity index (χ4v) is 1.61. The summed E-state index contributed by atoms with van der Waals surface area (Å²) in [5.41, 5.74) is 0. The maximum Gasteiger partial charge on any atom is 0.330 e. The SMILES string of the molecule is C=CC(=O)OCCCC(=O)N(CCOC(=O)C=C)CCOC(=O)C=C. The molecule has 0 aliphatic heterocycles. The van der Waals surface area contributed by atoms with Gasteiger partial charge in [-0.05, 0) is 6.42 Å². The first-order chi connectivity index (χ1) is 11.9. The number of carbonyl (C=O) groups excluding carboxylic acids is 4. The molecule has 0 aromatic carbocycles. The lowest BCUT2D eigenvalue weighted by Crippen LogP contribution is -2.37. The van der Waals surface area contributed by atoms with E-state index in [2.05, 4.69) is 19.7 Å². The van der Waals surface area contributed by atoms with Crippen LogP contribution in [0.3, 0.4) is 0 Å². The molecule has 0 radical (unpaired) electrons. The average Bonchev–Trinajstić information content (AvgIpc) is 2.62. The van der Waals surface area contributed by atoms with E-state index in [1.165, 1.54) is 4.90 Å². The highest BCUT2D eigenvalue weighted by molar-refractivity contribution is 5.82. The molecule has 0 aliphatic carbocycles. The number of esters is 3. The van der Waals surface area contributed by atoms with Crippen LogP contribution in [-0.2, 0) is 33.4 Å². The molecule has 0 aromatic heterocycles. The van der Waals surface area contributed by atoms with Crippen molar-refractivity contribution in [1.29, 1.82) is 0 Å². The fourth-order valence-electron chi connectivity index (χ4n) is 1.61. The third kappa shape index (κ3) is 11.3. The van der Waals surface area contributed by atoms with Crippen LogP contribution in [0, 0.1) is 0 Å². The minimum Gasteiger partial charge on any atom is -0.463 e. The van der Waals surface area contributed by atoms with Gasteiger partial charge < -0.3 is 19.1 Å². The van der Waals surface area contributed by atoms with Crippen LogP contribution in [-0.4, -0.2) is 61.6 Å². The second-order valence-corrected chi connectivity index (χ2v) is 4.60. The Morgan fingerprint density at radius 2 is 1.12 bits per heavy atom. The molecule has 8 heteroatoms. The van der Waals surface area contributed by atoms with Gasteiger partial charge in [0.15, 0.2) is 0 Å². The summed E-state index contributed by atoms with van der Waals surface area (Å²) < 4.78 is 14.5. The van der Waals surface area contributed by atoms with Gasteiger partial charge in [0, 0.05) is 24.6 Å². The molecule has 0 spiro atoms. The van der Waals surface area contributed by atoms with E-state index >= 15 is 0 Å². The Morgan fingerprint density at radius 1 is 0.720 bits per heavy atom. The van der Waals surface area contributed by atoms with Crippen LogP contribution < -0.4 is 0 Å². The van der Waals surface area contributed by atoms with Crippen LogP contribution in [0.2, 0.25) is 0 Å². The van der Waals surface area contributed by atoms with Gasteiger partial charge in [-0.3, -0.25) is 4.79 Å². The Bertz CT molecular complexity index is 487. The van der Waals surface area contributed by atoms with Gasteiger partial charge in [-0.2, -0.15) is 0 Å². The molecule has 138 valence electrons. The first kappa shape index (κ1) is 22.1. The van der Waals surface area contributed by atoms with Crippen LogP contribution in [0.1, 0.15) is 12.8 Å². The van der Waals surface area contributed by atoms with Crippen molar-refractivity contribution in [3.05, 3.63) is 38.0 Å². The molecular weight excluding hydrogens is 330 g/mol. The molecule has 0 bridgehead atoms. The minimum atomic E-state index is -0.596. The largest absolute Gasteiger partial charge is 0.463 e. The van der Waals surface area contributed by atoms with Crippen LogP contribution in [0.5, 0.6) is 0 Å². The number of amides is 1. The van der Waals surface area contributed by atoms with Crippen LogP contribution in [0.4, 0.5) is 0 Å². The molecule has 25 heavy (non-hydrogen) atoms. The quantitative estimate of drug-likeness (QED) is 0.209. The first-order valence-corrected chi connectivity index (χ1v) is 7.60. The summed E-state index contributed by atoms with van der Waals surface area (Å²) in [4.78, 5) is 46.5. The second-order valence-electron chi connectivity index (χ2n) is 4.60. The standard InChI is InChI=1S/C17H23NO7/c1-4-15(20)23-11-7-8-14(19)18(9-12-24-16(21)5-2)10-13-25-17(22)6-3/h4-6H,1-3,7-13H2. The summed E-state index contributed by atoms with van der Waals surface area (Å²) in [6.07, 6.45) is 3.52. The zero-order valence-corrected chi connectivity index (χ0v) is 14.1. The Labute approximate surface area is 146 Å². The Hall–Kier alpha value is -2.90. The van der Waals surface area contributed by atoms with Gasteiger partial charge in [-0.1, -0.05) is 19.7 Å². The highest BCUT2D eigenvalue weighted by atomic mass is 16.5. The van der Waals surface area contributed by atoms with Crippen molar-refractivity contribution in [2.24, 2.45) is 0 Å². The number of hydrogen-bond acceptors (Lipinski definition) is 7. The zero-order chi connectivity index (χ0) is 19.1. The maximum absolute atomic E-state index is 12.2. The number of carbonyl (C=O) groups is 4. The van der Waals surface area contributed by atoms with E-state index in [9.17, 15) is 19.2 Å². The van der Waals surface area contributed by atoms with Crippen molar-refractivity contribution in [2.45, 2.75) is 12.8 Å². The molecule has 0 unspecified atom stereocenters. The summed E-state index contributed by atoms with van der Waals surface area (Å²) in [6, 6.07) is 0. The molecular formula is C17H23NO7. The van der Waals surface area contributed by atoms with Crippen molar-refractivity contribution in [3.63, 3.8) is 0 Å². The Kier molecular flexibility index (Phi) is 12.0. The monoisotopic (exact) mass is 353 g/mol. The van der Waals surface area contributed by atoms with Gasteiger partial charge in [0.2, 0.25) is 5.91 Å². The molecule has 0 saturated carbocycles. The van der Waals surface area contributed by atoms with Crippen molar-refractivity contribution < 1.29 is 33.4 Å². The van der Waals surface area contributed by atoms with Gasteiger partial charge in [0.25, 0.3) is 0 Å². The zero-order valence-electron chi connectivity index (χ0n) is 14.1. The second kappa shape index (κ2) is 13.5. The normalized spacial score (nSPS) is 9.44. The lowest BCUT2D eigenvalue weighted by Gasteiger charge is -2.22. The topological polar surface area (TPSA) is 99.2 Å². The van der Waals surface area contributed by atoms with Crippen LogP contribution in [0.25, 0.3) is 0 Å². The molecule has 8 nitrogen and oxygen atoms in total. The lowest BCUT2D eigenvalue weighted by atomic mass is 10.3. The van der Waals surface area contributed by atoms with Gasteiger partial charge in [0.1, 0.15) is 13.2 Å². The van der Waals surface area contributed by atoms with Gasteiger partial charge in [0.05, 0.1) is 19.7 Å². The number of ether oxygens (including phenoxy) is 3. The lowest BCUT2D eigenvalue weighted by molar-refractivity contribution is -0.143. The smallest absolute Gasteiger partial charge is 0.330 e. The Balaban J connectivity index is 4.38. The summed E-state index contributed by atoms with van der Waals surface area (Å²) in [7, 11) is 0. The maximum atomic E-state index is 12.2. The summed E-state index contributed by atoms with van der Waals surface area (Å²) in [5, 5.41) is 0. The molecule has 0 atom stereocenters. The van der Waals surface area contributed by atoms with E-state index in [0.717, 1.165) is 18.2 Å². The average molecular weight is 353 g/mol. The molecule has 0 N–H and O–H groups in total. The molecule has 0 fully saturated rings. The van der Waals surface area contributed by atoms with E-state index in [-0.39, 0.29) is 45.2 Å². The number of hydrogen-bond donors (Lipinski definition) is 0. The number of rotatable bonds is 13. The molecule has 0 heterocycles. The van der Waals surface area contributed by atoms with E-state index in [1.807, 2.05) is 0 Å². The molecule has 0 aliphatic rings. The van der Waals surface area contributed by atoms with Gasteiger partial charge in [-0.25, -0.2) is 14.4 Å². The molecule has 0 rings (SSSR count). The van der Waals surface area contributed by atoms with Crippen LogP contribution in [0.15, 0.2) is 38.0 Å². The van der Waals surface area contributed by atoms with E-state index in [4.69, 9.17) is 14.2 Å². The van der Waals surface area contributed by atoms with Gasteiger partial charge in [-0.15, -0.1) is 0 Å². The van der Waals surface area contributed by atoms with E-state index in [1.54, 1.807) is 0 Å². The molecule has 1 amide bonds. The van der Waals surface area contributed by atoms with Crippen molar-refractivity contribution >= 4 is 23.8 Å². The van der Waals surface area contributed by atoms with Crippen LogP contribution >= 0.6 is 0 Å². The van der Waals surface area contributed by atoms with E-state index in [0.29, 0.717) is 6.42 Å². The molecule has 0 aromatic rings. The van der Waals surface area contributed by atoms with Crippen molar-refractivity contribution in [2.75, 3.05) is 32.9 Å². The van der Waals surface area contributed by atoms with Crippen molar-refractivity contribution in [3.8, 4) is 0 Å². The highest BCUT2D eigenvalue weighted by Gasteiger charge is 2.14. The summed E-state index contributed by atoms with van der Waals surface area (Å²) >= 11 is 0. The molecule has 0 saturated heterocycles. The highest BCUT2D eigenvalue weighted by Crippen LogP contribution is 2.00.